The smallest absolute Gasteiger partial charge is 0.408 e. The summed E-state index contributed by atoms with van der Waals surface area (Å²) in [5.41, 5.74) is -2.16. The van der Waals surface area contributed by atoms with Crippen LogP contribution in [0.15, 0.2) is 0 Å². The Morgan fingerprint density at radius 1 is 1.50 bits per heavy atom. The molecule has 1 rings (SSSR count). The van der Waals surface area contributed by atoms with Gasteiger partial charge in [-0.3, -0.25) is 0 Å². The summed E-state index contributed by atoms with van der Waals surface area (Å²) in [6.07, 6.45) is -3.18. The van der Waals surface area contributed by atoms with E-state index in [9.17, 15) is 13.6 Å². The summed E-state index contributed by atoms with van der Waals surface area (Å²) in [5.74, 6) is 0. The fourth-order valence-corrected chi connectivity index (χ4v) is 1.57. The molecule has 6 heteroatoms. The van der Waals surface area contributed by atoms with Crippen molar-refractivity contribution in [3.05, 3.63) is 0 Å². The first-order valence-corrected chi connectivity index (χ1v) is 5.25. The Hall–Kier alpha value is -0.910. The van der Waals surface area contributed by atoms with Crippen molar-refractivity contribution in [3.63, 3.8) is 0 Å². The van der Waals surface area contributed by atoms with Gasteiger partial charge < -0.3 is 15.4 Å². The fourth-order valence-electron chi connectivity index (χ4n) is 1.57. The van der Waals surface area contributed by atoms with Gasteiger partial charge in [0.1, 0.15) is 11.1 Å². The van der Waals surface area contributed by atoms with E-state index in [-0.39, 0.29) is 13.0 Å². The van der Waals surface area contributed by atoms with Crippen LogP contribution in [0.5, 0.6) is 0 Å². The molecule has 16 heavy (non-hydrogen) atoms. The summed E-state index contributed by atoms with van der Waals surface area (Å²) in [6.45, 7) is 5.61. The highest BCUT2D eigenvalue weighted by Crippen LogP contribution is 2.23. The van der Waals surface area contributed by atoms with E-state index in [0.717, 1.165) is 0 Å². The zero-order valence-corrected chi connectivity index (χ0v) is 9.77. The first-order valence-electron chi connectivity index (χ1n) is 5.25. The summed E-state index contributed by atoms with van der Waals surface area (Å²) < 4.78 is 30.7. The Balaban J connectivity index is 2.60. The van der Waals surface area contributed by atoms with Gasteiger partial charge in [0.15, 0.2) is 0 Å². The molecule has 1 amide bonds. The van der Waals surface area contributed by atoms with Gasteiger partial charge in [-0.25, -0.2) is 13.6 Å². The second-order valence-corrected chi connectivity index (χ2v) is 5.01. The third kappa shape index (κ3) is 3.30. The van der Waals surface area contributed by atoms with Crippen LogP contribution in [0.4, 0.5) is 13.6 Å². The van der Waals surface area contributed by atoms with E-state index < -0.39 is 23.7 Å². The molecule has 0 saturated carbocycles. The predicted molar refractivity (Wildman–Crippen MR) is 55.6 cm³/mol. The minimum atomic E-state index is -2.60. The molecular weight excluding hydrogens is 218 g/mol. The van der Waals surface area contributed by atoms with E-state index in [4.69, 9.17) is 4.74 Å². The van der Waals surface area contributed by atoms with Gasteiger partial charge in [-0.15, -0.1) is 0 Å². The number of carbonyl (C=O) groups is 1. The van der Waals surface area contributed by atoms with Crippen molar-refractivity contribution in [2.75, 3.05) is 13.1 Å². The summed E-state index contributed by atoms with van der Waals surface area (Å²) in [6, 6.07) is 0. The Morgan fingerprint density at radius 2 is 2.12 bits per heavy atom. The lowest BCUT2D eigenvalue weighted by molar-refractivity contribution is 0.0133. The monoisotopic (exact) mass is 236 g/mol. The summed E-state index contributed by atoms with van der Waals surface area (Å²) in [7, 11) is 0. The number of hydrogen-bond donors (Lipinski definition) is 2. The first kappa shape index (κ1) is 13.2. The van der Waals surface area contributed by atoms with E-state index in [1.165, 1.54) is 0 Å². The van der Waals surface area contributed by atoms with Crippen LogP contribution >= 0.6 is 0 Å². The molecule has 4 nitrogen and oxygen atoms in total. The van der Waals surface area contributed by atoms with E-state index in [1.54, 1.807) is 20.8 Å². The number of nitrogens with one attached hydrogen (secondary N) is 2. The standard InChI is InChI=1S/C10H18F2N2O2/c1-9(2,3)16-8(15)14-10(7(11)12)4-5-13-6-10/h7,13H,4-6H2,1-3H3,(H,14,15). The van der Waals surface area contributed by atoms with E-state index in [0.29, 0.717) is 6.54 Å². The number of alkyl halides is 2. The average molecular weight is 236 g/mol. The van der Waals surface area contributed by atoms with Crippen molar-refractivity contribution in [3.8, 4) is 0 Å². The molecule has 1 aliphatic heterocycles. The SMILES string of the molecule is CC(C)(C)OC(=O)NC1(C(F)F)CCNC1. The molecule has 0 bridgehead atoms. The molecule has 1 aliphatic rings. The molecule has 1 saturated heterocycles. The van der Waals surface area contributed by atoms with Gasteiger partial charge >= 0.3 is 6.09 Å². The third-order valence-corrected chi connectivity index (χ3v) is 2.36. The summed E-state index contributed by atoms with van der Waals surface area (Å²) in [5, 5.41) is 5.09. The van der Waals surface area contributed by atoms with Crippen LogP contribution in [0.2, 0.25) is 0 Å². The van der Waals surface area contributed by atoms with Crippen molar-refractivity contribution in [1.29, 1.82) is 0 Å². The molecule has 0 aromatic rings. The number of alkyl carbamates (subject to hydrolysis) is 1. The Kier molecular flexibility index (Phi) is 3.72. The number of ether oxygens (including phenoxy) is 1. The quantitative estimate of drug-likeness (QED) is 0.764. The highest BCUT2D eigenvalue weighted by molar-refractivity contribution is 5.69. The number of hydrogen-bond acceptors (Lipinski definition) is 3. The van der Waals surface area contributed by atoms with Gasteiger partial charge in [0.25, 0.3) is 6.43 Å². The van der Waals surface area contributed by atoms with Crippen LogP contribution in [0.25, 0.3) is 0 Å². The van der Waals surface area contributed by atoms with Crippen molar-refractivity contribution in [2.45, 2.75) is 44.8 Å². The summed E-state index contributed by atoms with van der Waals surface area (Å²) >= 11 is 0. The van der Waals surface area contributed by atoms with Crippen LogP contribution < -0.4 is 10.6 Å². The number of carbonyl (C=O) groups excluding carboxylic acids is 1. The zero-order chi connectivity index (χ0) is 12.4. The second-order valence-electron chi connectivity index (χ2n) is 5.01. The molecule has 1 heterocycles. The maximum Gasteiger partial charge on any atom is 0.408 e. The van der Waals surface area contributed by atoms with Crippen molar-refractivity contribution in [2.24, 2.45) is 0 Å². The van der Waals surface area contributed by atoms with Crippen LogP contribution in [-0.4, -0.2) is 36.7 Å². The minimum absolute atomic E-state index is 0.0733. The van der Waals surface area contributed by atoms with Crippen LogP contribution in [-0.2, 0) is 4.74 Å². The van der Waals surface area contributed by atoms with Crippen LogP contribution in [0.3, 0.4) is 0 Å². The van der Waals surface area contributed by atoms with Crippen molar-refractivity contribution >= 4 is 6.09 Å². The number of amides is 1. The fraction of sp³-hybridized carbons (Fsp3) is 0.900. The van der Waals surface area contributed by atoms with E-state index >= 15 is 0 Å². The molecular formula is C10H18F2N2O2. The summed E-state index contributed by atoms with van der Waals surface area (Å²) in [4.78, 5) is 11.4. The van der Waals surface area contributed by atoms with Gasteiger partial charge in [0, 0.05) is 6.54 Å². The van der Waals surface area contributed by atoms with Gasteiger partial charge in [-0.05, 0) is 33.7 Å². The lowest BCUT2D eigenvalue weighted by Crippen LogP contribution is -2.56. The zero-order valence-electron chi connectivity index (χ0n) is 9.77. The highest BCUT2D eigenvalue weighted by atomic mass is 19.3. The molecule has 0 aliphatic carbocycles. The second kappa shape index (κ2) is 4.53. The van der Waals surface area contributed by atoms with Gasteiger partial charge in [0.05, 0.1) is 0 Å². The van der Waals surface area contributed by atoms with Crippen molar-refractivity contribution in [1.82, 2.24) is 10.6 Å². The largest absolute Gasteiger partial charge is 0.444 e. The lowest BCUT2D eigenvalue weighted by Gasteiger charge is -2.30. The van der Waals surface area contributed by atoms with E-state index in [1.807, 2.05) is 0 Å². The molecule has 94 valence electrons. The molecule has 0 radical (unpaired) electrons. The van der Waals surface area contributed by atoms with Crippen LogP contribution in [0, 0.1) is 0 Å². The minimum Gasteiger partial charge on any atom is -0.444 e. The molecule has 1 atom stereocenters. The van der Waals surface area contributed by atoms with Gasteiger partial charge in [-0.1, -0.05) is 0 Å². The average Bonchev–Trinajstić information content (AvgIpc) is 2.49. The van der Waals surface area contributed by atoms with Gasteiger partial charge in [-0.2, -0.15) is 0 Å². The number of rotatable bonds is 2. The first-order chi connectivity index (χ1) is 7.25. The highest BCUT2D eigenvalue weighted by Gasteiger charge is 2.44. The predicted octanol–water partition coefficient (Wildman–Crippen LogP) is 1.51. The maximum absolute atomic E-state index is 12.9. The van der Waals surface area contributed by atoms with E-state index in [2.05, 4.69) is 10.6 Å². The normalized spacial score (nSPS) is 25.9. The molecule has 0 aromatic heterocycles. The maximum atomic E-state index is 12.9. The molecule has 0 spiro atoms. The molecule has 1 fully saturated rings. The lowest BCUT2D eigenvalue weighted by atomic mass is 10.00. The molecule has 0 aromatic carbocycles. The van der Waals surface area contributed by atoms with Crippen molar-refractivity contribution < 1.29 is 18.3 Å². The third-order valence-electron chi connectivity index (χ3n) is 2.36. The Labute approximate surface area is 93.7 Å². The van der Waals surface area contributed by atoms with Gasteiger partial charge in [0.2, 0.25) is 0 Å². The van der Waals surface area contributed by atoms with Crippen LogP contribution in [0.1, 0.15) is 27.2 Å². The molecule has 1 unspecified atom stereocenters. The Bertz CT molecular complexity index is 258. The Morgan fingerprint density at radius 3 is 2.50 bits per heavy atom. The number of halogens is 2. The molecule has 2 N–H and O–H groups in total. The topological polar surface area (TPSA) is 50.4 Å².